The number of sulfonamides is 2. The summed E-state index contributed by atoms with van der Waals surface area (Å²) >= 11 is 0. The van der Waals surface area contributed by atoms with Crippen molar-refractivity contribution in [3.8, 4) is 0 Å². The lowest BCUT2D eigenvalue weighted by molar-refractivity contribution is -0.149. The monoisotopic (exact) mass is 802 g/mol. The van der Waals surface area contributed by atoms with Crippen LogP contribution in [0, 0.1) is 13.8 Å². The molecule has 296 valence electrons. The molecule has 0 aromatic heterocycles. The van der Waals surface area contributed by atoms with E-state index in [0.29, 0.717) is 22.3 Å². The highest BCUT2D eigenvalue weighted by molar-refractivity contribution is 7.90. The van der Waals surface area contributed by atoms with Gasteiger partial charge in [0.2, 0.25) is 11.8 Å². The molecule has 2 atom stereocenters. The predicted octanol–water partition coefficient (Wildman–Crippen LogP) is 7.87. The van der Waals surface area contributed by atoms with Gasteiger partial charge in [0, 0.05) is 36.1 Å². The van der Waals surface area contributed by atoms with Gasteiger partial charge in [-0.05, 0) is 50.2 Å². The highest BCUT2D eigenvalue weighted by Crippen LogP contribution is 2.30. The van der Waals surface area contributed by atoms with E-state index in [1.807, 2.05) is 13.8 Å². The van der Waals surface area contributed by atoms with Crippen molar-refractivity contribution in [2.75, 3.05) is 13.2 Å². The van der Waals surface area contributed by atoms with Gasteiger partial charge in [-0.1, -0.05) is 110 Å². The number of benzene rings is 4. The lowest BCUT2D eigenvalue weighted by atomic mass is 10.0. The summed E-state index contributed by atoms with van der Waals surface area (Å²) in [4.78, 5) is 22.7. The normalized spacial score (nSPS) is 18.9. The van der Waals surface area contributed by atoms with Crippen LogP contribution >= 0.6 is 0 Å². The Morgan fingerprint density at radius 1 is 0.536 bits per heavy atom. The van der Waals surface area contributed by atoms with E-state index in [9.17, 15) is 26.4 Å². The van der Waals surface area contributed by atoms with Crippen molar-refractivity contribution in [2.45, 2.75) is 88.2 Å². The molecule has 1 saturated carbocycles. The van der Waals surface area contributed by atoms with Crippen molar-refractivity contribution in [1.29, 1.82) is 0 Å². The summed E-state index contributed by atoms with van der Waals surface area (Å²) in [6.45, 7) is 6.40. The molecule has 3 aliphatic rings. The molecule has 56 heavy (non-hydrogen) atoms. The van der Waals surface area contributed by atoms with E-state index >= 15 is 0 Å². The van der Waals surface area contributed by atoms with Crippen LogP contribution in [-0.2, 0) is 48.6 Å². The number of ether oxygens (including phenoxy) is 4. The number of hydrogen-bond donors (Lipinski definition) is 0. The minimum atomic E-state index is -3.90. The number of hydrogen-bond acceptors (Lipinski definition) is 10. The van der Waals surface area contributed by atoms with Gasteiger partial charge in [-0.3, -0.25) is 9.59 Å². The number of esters is 2. The summed E-state index contributed by atoms with van der Waals surface area (Å²) in [7, 11) is -7.81. The van der Waals surface area contributed by atoms with Crippen LogP contribution in [0.1, 0.15) is 98.0 Å². The third kappa shape index (κ3) is 11.4. The number of carbonyl (C=O) groups excluding carboxylic acids is 2. The first kappa shape index (κ1) is 41.8. The SMILES string of the molecule is C1CCCCC1.CC(=O)O[C@H]1CO/C(=N\S(=O)(=O)c2ccc(C)cc2)c2ccccc21.CC(=O)O[C@H]1CO/C(=N\S(=O)(=O)c2ccc(C)cc2)c2ccccc21. The van der Waals surface area contributed by atoms with E-state index in [0.717, 1.165) is 11.1 Å². The standard InChI is InChI=1S/2C18H17NO5S.C6H12/c2*1-12-7-9-14(10-8-12)25(21,22)19-18-16-6-4-3-5-15(16)17(11-23-18)24-13(2)20;1-2-4-6-5-3-1/h2*3-10,17H,11H2,1-2H3;1-6H2/b2*19-18-;/t2*17-;/m00./s1. The second-order valence-corrected chi connectivity index (χ2v) is 16.7. The molecule has 4 aromatic rings. The summed E-state index contributed by atoms with van der Waals surface area (Å²) in [5.41, 5.74) is 4.24. The van der Waals surface area contributed by atoms with Gasteiger partial charge >= 0.3 is 11.9 Å². The maximum Gasteiger partial charge on any atom is 0.303 e. The van der Waals surface area contributed by atoms with Gasteiger partial charge in [0.1, 0.15) is 13.2 Å². The molecule has 7 rings (SSSR count). The van der Waals surface area contributed by atoms with Crippen LogP contribution in [0.2, 0.25) is 0 Å². The Balaban J connectivity index is 0.000000186. The Morgan fingerprint density at radius 2 is 0.857 bits per heavy atom. The zero-order valence-corrected chi connectivity index (χ0v) is 33.5. The molecule has 2 aliphatic heterocycles. The Kier molecular flexibility index (Phi) is 14.2. The molecule has 0 N–H and O–H groups in total. The molecule has 4 aromatic carbocycles. The van der Waals surface area contributed by atoms with Crippen molar-refractivity contribution < 1.29 is 45.4 Å². The Hall–Kier alpha value is -5.34. The fraction of sp³-hybridized carbons (Fsp3) is 0.333. The number of fused-ring (bicyclic) bond motifs is 2. The Labute approximate surface area is 328 Å². The second kappa shape index (κ2) is 19.0. The van der Waals surface area contributed by atoms with Crippen LogP contribution in [0.25, 0.3) is 0 Å². The third-order valence-electron chi connectivity index (χ3n) is 8.98. The second-order valence-electron chi connectivity index (χ2n) is 13.5. The smallest absolute Gasteiger partial charge is 0.303 e. The van der Waals surface area contributed by atoms with Gasteiger partial charge in [-0.15, -0.1) is 8.80 Å². The zero-order valence-electron chi connectivity index (χ0n) is 31.8. The molecule has 1 aliphatic carbocycles. The Bertz CT molecular complexity index is 2110. The van der Waals surface area contributed by atoms with Crippen LogP contribution in [0.3, 0.4) is 0 Å². The largest absolute Gasteiger partial charge is 0.472 e. The number of carbonyl (C=O) groups is 2. The molecule has 0 amide bonds. The predicted molar refractivity (Wildman–Crippen MR) is 211 cm³/mol. The van der Waals surface area contributed by atoms with E-state index < -0.39 is 44.2 Å². The van der Waals surface area contributed by atoms with Crippen LogP contribution in [0.15, 0.2) is 116 Å². The summed E-state index contributed by atoms with van der Waals surface area (Å²) in [6.07, 6.45) is 7.82. The lowest BCUT2D eigenvalue weighted by Gasteiger charge is -2.26. The van der Waals surface area contributed by atoms with Gasteiger partial charge in [0.05, 0.1) is 9.79 Å². The Morgan fingerprint density at radius 3 is 1.18 bits per heavy atom. The summed E-state index contributed by atoms with van der Waals surface area (Å²) in [5, 5.41) is 0. The van der Waals surface area contributed by atoms with Gasteiger partial charge in [0.15, 0.2) is 12.2 Å². The zero-order chi connectivity index (χ0) is 40.3. The first-order valence-electron chi connectivity index (χ1n) is 18.4. The molecule has 0 spiro atoms. The molecule has 0 bridgehead atoms. The fourth-order valence-corrected chi connectivity index (χ4v) is 8.05. The third-order valence-corrected chi connectivity index (χ3v) is 11.5. The quantitative estimate of drug-likeness (QED) is 0.175. The van der Waals surface area contributed by atoms with Crippen molar-refractivity contribution >= 4 is 43.8 Å². The summed E-state index contributed by atoms with van der Waals surface area (Å²) in [6, 6.07) is 26.8. The molecule has 1 fully saturated rings. The summed E-state index contributed by atoms with van der Waals surface area (Å²) in [5.74, 6) is -0.869. The maximum absolute atomic E-state index is 12.5. The molecule has 14 heteroatoms. The first-order chi connectivity index (χ1) is 26.7. The van der Waals surface area contributed by atoms with Crippen molar-refractivity contribution in [3.63, 3.8) is 0 Å². The lowest BCUT2D eigenvalue weighted by Crippen LogP contribution is -2.26. The van der Waals surface area contributed by atoms with Gasteiger partial charge < -0.3 is 18.9 Å². The van der Waals surface area contributed by atoms with E-state index in [4.69, 9.17) is 18.9 Å². The van der Waals surface area contributed by atoms with Crippen LogP contribution < -0.4 is 0 Å². The van der Waals surface area contributed by atoms with Crippen molar-refractivity contribution in [1.82, 2.24) is 0 Å². The maximum atomic E-state index is 12.5. The molecule has 0 saturated heterocycles. The molecule has 12 nitrogen and oxygen atoms in total. The topological polar surface area (TPSA) is 164 Å². The highest BCUT2D eigenvalue weighted by atomic mass is 32.2. The number of nitrogens with zero attached hydrogens (tertiary/aromatic N) is 2. The number of aryl methyl sites for hydroxylation is 2. The van der Waals surface area contributed by atoms with E-state index in [1.165, 1.54) is 76.6 Å². The summed E-state index contributed by atoms with van der Waals surface area (Å²) < 4.78 is 79.2. The molecular formula is C42H46N2O10S2. The van der Waals surface area contributed by atoms with Crippen molar-refractivity contribution in [2.24, 2.45) is 8.80 Å². The van der Waals surface area contributed by atoms with Crippen LogP contribution in [-0.4, -0.2) is 53.8 Å². The molecule has 0 radical (unpaired) electrons. The number of rotatable bonds is 6. The average Bonchev–Trinajstić information content (AvgIpc) is 3.18. The van der Waals surface area contributed by atoms with Crippen molar-refractivity contribution in [3.05, 3.63) is 130 Å². The van der Waals surface area contributed by atoms with Crippen LogP contribution in [0.4, 0.5) is 0 Å². The first-order valence-corrected chi connectivity index (χ1v) is 21.2. The van der Waals surface area contributed by atoms with E-state index in [-0.39, 0.29) is 34.8 Å². The minimum absolute atomic E-state index is 0.000392. The molecule has 0 unspecified atom stereocenters. The van der Waals surface area contributed by atoms with Gasteiger partial charge in [-0.25, -0.2) is 0 Å². The van der Waals surface area contributed by atoms with E-state index in [1.54, 1.807) is 72.8 Å². The average molecular weight is 803 g/mol. The highest BCUT2D eigenvalue weighted by Gasteiger charge is 2.31. The van der Waals surface area contributed by atoms with Crippen LogP contribution in [0.5, 0.6) is 0 Å². The van der Waals surface area contributed by atoms with Gasteiger partial charge in [-0.2, -0.15) is 16.8 Å². The van der Waals surface area contributed by atoms with E-state index in [2.05, 4.69) is 8.80 Å². The molecular weight excluding hydrogens is 757 g/mol. The fourth-order valence-electron chi connectivity index (χ4n) is 6.14. The molecule has 2 heterocycles. The minimum Gasteiger partial charge on any atom is -0.472 e. The van der Waals surface area contributed by atoms with Gasteiger partial charge in [0.25, 0.3) is 20.0 Å².